The highest BCUT2D eigenvalue weighted by molar-refractivity contribution is 5.93. The van der Waals surface area contributed by atoms with Gasteiger partial charge < -0.3 is 20.1 Å². The minimum atomic E-state index is -4.52. The maximum Gasteiger partial charge on any atom is 0.435 e. The number of aryl methyl sites for hydroxylation is 1. The van der Waals surface area contributed by atoms with E-state index >= 15 is 0 Å². The van der Waals surface area contributed by atoms with Gasteiger partial charge in [0.1, 0.15) is 0 Å². The highest BCUT2D eigenvalue weighted by Crippen LogP contribution is 2.31. The van der Waals surface area contributed by atoms with Crippen molar-refractivity contribution in [3.8, 4) is 11.5 Å². The zero-order valence-corrected chi connectivity index (χ0v) is 15.5. The lowest BCUT2D eigenvalue weighted by Crippen LogP contribution is -2.30. The number of halogens is 3. The van der Waals surface area contributed by atoms with E-state index in [-0.39, 0.29) is 12.1 Å². The van der Waals surface area contributed by atoms with Gasteiger partial charge in [0.05, 0.1) is 13.7 Å². The number of aliphatic imine (C=N–C) groups is 1. The zero-order chi connectivity index (χ0) is 20.0. The summed E-state index contributed by atoms with van der Waals surface area (Å²) in [4.78, 5) is 4.03. The minimum Gasteiger partial charge on any atom is -0.493 e. The van der Waals surface area contributed by atoms with Crippen LogP contribution in [-0.2, 0) is 19.8 Å². The largest absolute Gasteiger partial charge is 0.493 e. The summed E-state index contributed by atoms with van der Waals surface area (Å²) < 4.78 is 50.9. The van der Waals surface area contributed by atoms with E-state index in [9.17, 15) is 13.2 Å². The maximum absolute atomic E-state index is 13.0. The molecule has 0 radical (unpaired) electrons. The fourth-order valence-corrected chi connectivity index (χ4v) is 2.42. The molecule has 0 unspecified atom stereocenters. The van der Waals surface area contributed by atoms with Crippen molar-refractivity contribution in [2.24, 2.45) is 12.0 Å². The molecule has 2 aromatic rings. The molecule has 0 aliphatic rings. The van der Waals surface area contributed by atoms with Crippen molar-refractivity contribution in [1.29, 1.82) is 0 Å². The molecule has 2 N–H and O–H groups in total. The third-order valence-electron chi connectivity index (χ3n) is 3.57. The van der Waals surface area contributed by atoms with Crippen molar-refractivity contribution in [1.82, 2.24) is 15.1 Å². The summed E-state index contributed by atoms with van der Waals surface area (Å²) in [5.74, 6) is 1.43. The molecule has 148 valence electrons. The first kappa shape index (κ1) is 20.4. The molecule has 0 aliphatic carbocycles. The monoisotopic (exact) mass is 385 g/mol. The number of hydrogen-bond donors (Lipinski definition) is 2. The van der Waals surface area contributed by atoms with Gasteiger partial charge in [0.25, 0.3) is 0 Å². The van der Waals surface area contributed by atoms with Crippen molar-refractivity contribution in [3.05, 3.63) is 35.7 Å². The highest BCUT2D eigenvalue weighted by Gasteiger charge is 2.36. The molecular weight excluding hydrogens is 363 g/mol. The van der Waals surface area contributed by atoms with Gasteiger partial charge in [-0.05, 0) is 19.1 Å². The lowest BCUT2D eigenvalue weighted by Gasteiger charge is -2.15. The van der Waals surface area contributed by atoms with Gasteiger partial charge in [0.15, 0.2) is 23.2 Å². The molecule has 0 aliphatic heterocycles. The molecule has 27 heavy (non-hydrogen) atoms. The average Bonchev–Trinajstić information content (AvgIpc) is 3.01. The van der Waals surface area contributed by atoms with Crippen LogP contribution in [0.5, 0.6) is 11.5 Å². The number of rotatable bonds is 6. The van der Waals surface area contributed by atoms with Gasteiger partial charge >= 0.3 is 6.18 Å². The topological polar surface area (TPSA) is 72.7 Å². The van der Waals surface area contributed by atoms with Crippen molar-refractivity contribution in [3.63, 3.8) is 0 Å². The smallest absolute Gasteiger partial charge is 0.435 e. The summed E-state index contributed by atoms with van der Waals surface area (Å²) in [6.07, 6.45) is -3.19. The van der Waals surface area contributed by atoms with Gasteiger partial charge in [-0.25, -0.2) is 0 Å². The number of anilines is 1. The molecule has 2 rings (SSSR count). The molecule has 10 heteroatoms. The molecule has 1 aromatic heterocycles. The average molecular weight is 385 g/mol. The Balaban J connectivity index is 2.09. The summed E-state index contributed by atoms with van der Waals surface area (Å²) in [6.45, 7) is 2.28. The van der Waals surface area contributed by atoms with Crippen molar-refractivity contribution < 1.29 is 22.6 Å². The van der Waals surface area contributed by atoms with E-state index in [0.29, 0.717) is 29.8 Å². The number of guanidine groups is 1. The zero-order valence-electron chi connectivity index (χ0n) is 15.5. The Morgan fingerprint density at radius 3 is 2.63 bits per heavy atom. The van der Waals surface area contributed by atoms with Crippen LogP contribution in [0.1, 0.15) is 18.2 Å². The van der Waals surface area contributed by atoms with Crippen LogP contribution in [0.3, 0.4) is 0 Å². The van der Waals surface area contributed by atoms with Gasteiger partial charge in [-0.15, -0.1) is 0 Å². The first-order valence-corrected chi connectivity index (χ1v) is 8.16. The van der Waals surface area contributed by atoms with Gasteiger partial charge in [-0.1, -0.05) is 0 Å². The molecular formula is C17H22F3N5O2. The van der Waals surface area contributed by atoms with Gasteiger partial charge in [0.2, 0.25) is 0 Å². The fourth-order valence-electron chi connectivity index (χ4n) is 2.42. The predicted molar refractivity (Wildman–Crippen MR) is 96.2 cm³/mol. The number of methoxy groups -OCH3 is 1. The van der Waals surface area contributed by atoms with E-state index in [1.54, 1.807) is 18.2 Å². The summed E-state index contributed by atoms with van der Waals surface area (Å²) in [5, 5.41) is 9.33. The van der Waals surface area contributed by atoms with Gasteiger partial charge in [-0.2, -0.15) is 18.3 Å². The lowest BCUT2D eigenvalue weighted by atomic mass is 10.2. The number of nitrogens with one attached hydrogen (secondary N) is 2. The van der Waals surface area contributed by atoms with E-state index in [1.165, 1.54) is 27.4 Å². The predicted octanol–water partition coefficient (Wildman–Crippen LogP) is 3.03. The molecule has 0 amide bonds. The Morgan fingerprint density at radius 2 is 2.04 bits per heavy atom. The molecule has 0 bridgehead atoms. The second-order valence-electron chi connectivity index (χ2n) is 5.52. The van der Waals surface area contributed by atoms with Crippen LogP contribution in [0.25, 0.3) is 0 Å². The number of benzene rings is 1. The summed E-state index contributed by atoms with van der Waals surface area (Å²) in [6, 6.07) is 5.20. The van der Waals surface area contributed by atoms with Crippen LogP contribution in [0.2, 0.25) is 0 Å². The Bertz CT molecular complexity index is 802. The first-order valence-electron chi connectivity index (χ1n) is 8.16. The molecule has 1 heterocycles. The Labute approximate surface area is 155 Å². The number of aromatic nitrogens is 2. The van der Waals surface area contributed by atoms with Gasteiger partial charge in [0, 0.05) is 44.2 Å². The van der Waals surface area contributed by atoms with E-state index in [1.807, 2.05) is 6.92 Å². The van der Waals surface area contributed by atoms with Crippen LogP contribution < -0.4 is 20.1 Å². The van der Waals surface area contributed by atoms with Crippen LogP contribution in [0.15, 0.2) is 29.4 Å². The van der Waals surface area contributed by atoms with Crippen LogP contribution in [0, 0.1) is 0 Å². The third-order valence-corrected chi connectivity index (χ3v) is 3.57. The molecule has 0 atom stereocenters. The maximum atomic E-state index is 13.0. The number of nitrogens with zero attached hydrogens (tertiary/aromatic N) is 3. The Kier molecular flexibility index (Phi) is 6.54. The van der Waals surface area contributed by atoms with E-state index in [2.05, 4.69) is 20.7 Å². The van der Waals surface area contributed by atoms with Crippen LogP contribution in [-0.4, -0.2) is 36.5 Å². The number of alkyl halides is 3. The Hall–Kier alpha value is -2.91. The van der Waals surface area contributed by atoms with E-state index in [0.717, 1.165) is 4.68 Å². The lowest BCUT2D eigenvalue weighted by molar-refractivity contribution is -0.142. The SMILES string of the molecule is CCOc1ccc(NC(=NC)NCc2cn(C)nc2C(F)(F)F)cc1OC. The second-order valence-corrected chi connectivity index (χ2v) is 5.52. The van der Waals surface area contributed by atoms with Crippen molar-refractivity contribution >= 4 is 11.6 Å². The quantitative estimate of drug-likeness (QED) is 0.591. The second kappa shape index (κ2) is 8.65. The first-order chi connectivity index (χ1) is 12.8. The summed E-state index contributed by atoms with van der Waals surface area (Å²) >= 11 is 0. The van der Waals surface area contributed by atoms with E-state index in [4.69, 9.17) is 9.47 Å². The molecule has 1 aromatic carbocycles. The third kappa shape index (κ3) is 5.28. The molecule has 7 nitrogen and oxygen atoms in total. The Morgan fingerprint density at radius 1 is 1.30 bits per heavy atom. The fraction of sp³-hybridized carbons (Fsp3) is 0.412. The normalized spacial score (nSPS) is 12.0. The van der Waals surface area contributed by atoms with Crippen LogP contribution in [0.4, 0.5) is 18.9 Å². The molecule has 0 fully saturated rings. The summed E-state index contributed by atoms with van der Waals surface area (Å²) in [7, 11) is 4.49. The van der Waals surface area contributed by atoms with Gasteiger partial charge in [-0.3, -0.25) is 9.67 Å². The van der Waals surface area contributed by atoms with Crippen molar-refractivity contribution in [2.45, 2.75) is 19.6 Å². The molecule has 0 saturated carbocycles. The molecule has 0 spiro atoms. The van der Waals surface area contributed by atoms with Crippen molar-refractivity contribution in [2.75, 3.05) is 26.1 Å². The number of hydrogen-bond acceptors (Lipinski definition) is 4. The minimum absolute atomic E-state index is 0.0252. The molecule has 0 saturated heterocycles. The highest BCUT2D eigenvalue weighted by atomic mass is 19.4. The van der Waals surface area contributed by atoms with E-state index < -0.39 is 11.9 Å². The standard InChI is InChI=1S/C17H22F3N5O2/c1-5-27-13-7-6-12(8-14(13)26-4)23-16(21-2)22-9-11-10-25(3)24-15(11)17(18,19)20/h6-8,10H,5,9H2,1-4H3,(H2,21,22,23). The summed E-state index contributed by atoms with van der Waals surface area (Å²) in [5.41, 5.74) is -0.251. The van der Waals surface area contributed by atoms with Crippen LogP contribution >= 0.6 is 0 Å². The number of ether oxygens (including phenoxy) is 2.